The minimum atomic E-state index is 1.11. The zero-order chi connectivity index (χ0) is 34.4. The minimum absolute atomic E-state index is 1.11. The molecule has 2 heteroatoms. The Morgan fingerprint density at radius 1 is 0.327 bits per heavy atom. The van der Waals surface area contributed by atoms with Gasteiger partial charge in [0.05, 0.1) is 5.69 Å². The molecule has 0 aliphatic rings. The third kappa shape index (κ3) is 5.33. The summed E-state index contributed by atoms with van der Waals surface area (Å²) < 4.78 is 2.60. The maximum atomic E-state index is 2.44. The van der Waals surface area contributed by atoms with Crippen molar-refractivity contribution in [2.75, 3.05) is 4.90 Å². The van der Waals surface area contributed by atoms with E-state index in [4.69, 9.17) is 0 Å². The molecule has 0 radical (unpaired) electrons. The Hall–Kier alpha value is -6.48. The van der Waals surface area contributed by atoms with E-state index in [0.717, 1.165) is 17.1 Å². The van der Waals surface area contributed by atoms with Gasteiger partial charge in [0.15, 0.2) is 0 Å². The fraction of sp³-hybridized carbons (Fsp3) is 0. The Labute approximate surface area is 307 Å². The van der Waals surface area contributed by atoms with E-state index in [1.54, 1.807) is 0 Å². The van der Waals surface area contributed by atoms with Crippen LogP contribution < -0.4 is 4.90 Å². The maximum Gasteiger partial charge on any atom is 0.0554 e. The highest BCUT2D eigenvalue weighted by atomic mass is 32.1. The van der Waals surface area contributed by atoms with Crippen LogP contribution in [0.5, 0.6) is 0 Å². The molecule has 1 aromatic heterocycles. The predicted octanol–water partition coefficient (Wildman–Crippen LogP) is 14.8. The van der Waals surface area contributed by atoms with Gasteiger partial charge in [-0.05, 0) is 97.9 Å². The van der Waals surface area contributed by atoms with E-state index < -0.39 is 0 Å². The monoisotopic (exact) mass is 679 g/mol. The summed E-state index contributed by atoms with van der Waals surface area (Å²) in [6.07, 6.45) is 0. The van der Waals surface area contributed by atoms with E-state index >= 15 is 0 Å². The van der Waals surface area contributed by atoms with Crippen molar-refractivity contribution < 1.29 is 0 Å². The first kappa shape index (κ1) is 30.4. The summed E-state index contributed by atoms with van der Waals surface area (Å²) >= 11 is 1.88. The summed E-state index contributed by atoms with van der Waals surface area (Å²) in [5, 5.41) is 7.58. The van der Waals surface area contributed by atoms with E-state index in [1.807, 2.05) is 11.3 Å². The Morgan fingerprint density at radius 2 is 0.827 bits per heavy atom. The van der Waals surface area contributed by atoms with Crippen LogP contribution in [-0.2, 0) is 0 Å². The van der Waals surface area contributed by atoms with Gasteiger partial charge in [0, 0.05) is 37.1 Å². The quantitative estimate of drug-likeness (QED) is 0.169. The summed E-state index contributed by atoms with van der Waals surface area (Å²) in [4.78, 5) is 2.44. The van der Waals surface area contributed by atoms with E-state index in [9.17, 15) is 0 Å². The second-order valence-electron chi connectivity index (χ2n) is 13.4. The molecule has 1 nitrogen and oxygen atoms in total. The topological polar surface area (TPSA) is 3.24 Å². The number of anilines is 3. The number of fused-ring (bicyclic) bond motifs is 5. The van der Waals surface area contributed by atoms with Crippen molar-refractivity contribution in [3.8, 4) is 33.4 Å². The molecule has 0 fully saturated rings. The van der Waals surface area contributed by atoms with Gasteiger partial charge in [0.2, 0.25) is 0 Å². The third-order valence-electron chi connectivity index (χ3n) is 10.2. The van der Waals surface area contributed by atoms with Crippen LogP contribution in [0.4, 0.5) is 17.1 Å². The minimum Gasteiger partial charge on any atom is -0.310 e. The predicted molar refractivity (Wildman–Crippen MR) is 225 cm³/mol. The van der Waals surface area contributed by atoms with Gasteiger partial charge in [0.1, 0.15) is 0 Å². The molecule has 0 aliphatic heterocycles. The zero-order valence-corrected chi connectivity index (χ0v) is 29.2. The first-order valence-electron chi connectivity index (χ1n) is 17.8. The Balaban J connectivity index is 1.19. The molecular weight excluding hydrogens is 647 g/mol. The SMILES string of the molecule is c1ccc(-c2ccc(N(c3ccc(-c4ccc5ccccc5c4)cc3)c3ccc4c(sc5ccccc54)c3-c3ccc4ccccc4c3)cc2)cc1. The molecule has 0 bridgehead atoms. The molecule has 0 N–H and O–H groups in total. The number of rotatable bonds is 6. The third-order valence-corrected chi connectivity index (χ3v) is 11.4. The average molecular weight is 680 g/mol. The lowest BCUT2D eigenvalue weighted by Crippen LogP contribution is -2.11. The Bertz CT molecular complexity index is 2890. The van der Waals surface area contributed by atoms with Crippen molar-refractivity contribution in [1.29, 1.82) is 0 Å². The van der Waals surface area contributed by atoms with Crippen molar-refractivity contribution in [3.05, 3.63) is 200 Å². The van der Waals surface area contributed by atoms with Crippen molar-refractivity contribution in [2.45, 2.75) is 0 Å². The maximum absolute atomic E-state index is 2.44. The second-order valence-corrected chi connectivity index (χ2v) is 14.4. The normalized spacial score (nSPS) is 11.5. The van der Waals surface area contributed by atoms with Gasteiger partial charge in [-0.25, -0.2) is 0 Å². The molecule has 0 atom stereocenters. The fourth-order valence-corrected chi connectivity index (χ4v) is 8.89. The Morgan fingerprint density at radius 3 is 1.50 bits per heavy atom. The molecule has 244 valence electrons. The van der Waals surface area contributed by atoms with E-state index in [-0.39, 0.29) is 0 Å². The van der Waals surface area contributed by atoms with Crippen LogP contribution in [0.2, 0.25) is 0 Å². The van der Waals surface area contributed by atoms with Gasteiger partial charge in [-0.1, -0.05) is 152 Å². The fourth-order valence-electron chi connectivity index (χ4n) is 7.62. The van der Waals surface area contributed by atoms with Crippen molar-refractivity contribution >= 4 is 70.1 Å². The number of nitrogens with zero attached hydrogens (tertiary/aromatic N) is 1. The highest BCUT2D eigenvalue weighted by molar-refractivity contribution is 7.26. The zero-order valence-electron chi connectivity index (χ0n) is 28.4. The van der Waals surface area contributed by atoms with Crippen LogP contribution in [0.15, 0.2) is 200 Å². The van der Waals surface area contributed by atoms with E-state index in [2.05, 4.69) is 205 Å². The molecule has 9 aromatic carbocycles. The average Bonchev–Trinajstić information content (AvgIpc) is 3.60. The van der Waals surface area contributed by atoms with E-state index in [0.29, 0.717) is 0 Å². The van der Waals surface area contributed by atoms with Gasteiger partial charge >= 0.3 is 0 Å². The molecule has 1 heterocycles. The molecule has 0 spiro atoms. The van der Waals surface area contributed by atoms with Crippen molar-refractivity contribution in [2.24, 2.45) is 0 Å². The lowest BCUT2D eigenvalue weighted by atomic mass is 9.96. The van der Waals surface area contributed by atoms with Gasteiger partial charge in [0.25, 0.3) is 0 Å². The van der Waals surface area contributed by atoms with Crippen LogP contribution in [0.25, 0.3) is 75.1 Å². The lowest BCUT2D eigenvalue weighted by Gasteiger charge is -2.29. The summed E-state index contributed by atoms with van der Waals surface area (Å²) in [5.74, 6) is 0. The highest BCUT2D eigenvalue weighted by Crippen LogP contribution is 2.49. The van der Waals surface area contributed by atoms with Gasteiger partial charge in [-0.15, -0.1) is 11.3 Å². The standard InChI is InChI=1S/C50H33NS/c1-2-10-34(11-3-1)37-22-26-43(27-23-37)51(44-28-24-38(25-29-44)41-20-18-35-12-4-6-14-39(35)32-41)47-31-30-46-45-16-8-9-17-48(45)52-50(46)49(47)42-21-19-36-13-5-7-15-40(36)33-42/h1-33H. The van der Waals surface area contributed by atoms with Crippen molar-refractivity contribution in [3.63, 3.8) is 0 Å². The van der Waals surface area contributed by atoms with Gasteiger partial charge < -0.3 is 4.90 Å². The molecule has 0 aliphatic carbocycles. The molecule has 52 heavy (non-hydrogen) atoms. The molecule has 0 amide bonds. The van der Waals surface area contributed by atoms with Crippen LogP contribution in [-0.4, -0.2) is 0 Å². The summed E-state index contributed by atoms with van der Waals surface area (Å²) in [5.41, 5.74) is 10.7. The number of hydrogen-bond donors (Lipinski definition) is 0. The summed E-state index contributed by atoms with van der Waals surface area (Å²) in [6, 6.07) is 73.0. The van der Waals surface area contributed by atoms with Crippen LogP contribution in [0, 0.1) is 0 Å². The summed E-state index contributed by atoms with van der Waals surface area (Å²) in [6.45, 7) is 0. The van der Waals surface area contributed by atoms with Gasteiger partial charge in [-0.2, -0.15) is 0 Å². The number of benzene rings is 9. The van der Waals surface area contributed by atoms with Crippen LogP contribution in [0.3, 0.4) is 0 Å². The number of hydrogen-bond acceptors (Lipinski definition) is 2. The number of thiophene rings is 1. The second kappa shape index (κ2) is 12.7. The molecule has 0 saturated carbocycles. The summed E-state index contributed by atoms with van der Waals surface area (Å²) in [7, 11) is 0. The molecular formula is C50H33NS. The highest BCUT2D eigenvalue weighted by Gasteiger charge is 2.22. The lowest BCUT2D eigenvalue weighted by molar-refractivity contribution is 1.29. The first-order valence-corrected chi connectivity index (χ1v) is 18.6. The van der Waals surface area contributed by atoms with Crippen LogP contribution in [0.1, 0.15) is 0 Å². The van der Waals surface area contributed by atoms with E-state index in [1.165, 1.54) is 75.1 Å². The first-order chi connectivity index (χ1) is 25.8. The molecule has 0 unspecified atom stereocenters. The van der Waals surface area contributed by atoms with Crippen molar-refractivity contribution in [1.82, 2.24) is 0 Å². The largest absolute Gasteiger partial charge is 0.310 e. The van der Waals surface area contributed by atoms with Gasteiger partial charge in [-0.3, -0.25) is 0 Å². The smallest absolute Gasteiger partial charge is 0.0554 e. The Kier molecular flexibility index (Phi) is 7.41. The molecule has 10 rings (SSSR count). The molecule has 10 aromatic rings. The van der Waals surface area contributed by atoms with Crippen LogP contribution >= 0.6 is 11.3 Å². The molecule has 0 saturated heterocycles.